The van der Waals surface area contributed by atoms with Crippen molar-refractivity contribution < 1.29 is 14.3 Å². The maximum absolute atomic E-state index is 13.1. The van der Waals surface area contributed by atoms with Crippen molar-refractivity contribution in [2.24, 2.45) is 10.7 Å². The Morgan fingerprint density at radius 3 is 1.52 bits per heavy atom. The second-order valence-electron chi connectivity index (χ2n) is 12.0. The molecule has 0 radical (unpaired) electrons. The molecule has 1 fully saturated rings. The van der Waals surface area contributed by atoms with Gasteiger partial charge in [-0.25, -0.2) is 4.99 Å². The second kappa shape index (κ2) is 27.8. The first-order valence-corrected chi connectivity index (χ1v) is 17.5. The van der Waals surface area contributed by atoms with E-state index in [2.05, 4.69) is 18.8 Å². The summed E-state index contributed by atoms with van der Waals surface area (Å²) in [5.74, 6) is 0.0369. The largest absolute Gasteiger partial charge is 0.452 e. The van der Waals surface area contributed by atoms with Gasteiger partial charge >= 0.3 is 0 Å². The third-order valence-electron chi connectivity index (χ3n) is 8.21. The topological polar surface area (TPSA) is 77.2 Å². The van der Waals surface area contributed by atoms with E-state index in [1.54, 1.807) is 0 Å². The van der Waals surface area contributed by atoms with Gasteiger partial charge in [0.1, 0.15) is 0 Å². The van der Waals surface area contributed by atoms with Crippen molar-refractivity contribution in [3.8, 4) is 0 Å². The molecule has 0 aromatic carbocycles. The van der Waals surface area contributed by atoms with Crippen molar-refractivity contribution in [2.75, 3.05) is 32.8 Å². The molecule has 0 aliphatic carbocycles. The number of morpholine rings is 1. The van der Waals surface area contributed by atoms with Crippen molar-refractivity contribution in [3.63, 3.8) is 0 Å². The minimum Gasteiger partial charge on any atom is -0.452 e. The lowest BCUT2D eigenvalue weighted by molar-refractivity contribution is -0.143. The average Bonchev–Trinajstić information content (AvgIpc) is 2.97. The van der Waals surface area contributed by atoms with Crippen LogP contribution in [0.15, 0.2) is 4.99 Å². The fourth-order valence-corrected chi connectivity index (χ4v) is 5.54. The quantitative estimate of drug-likeness (QED) is 0.0612. The Kier molecular flexibility index (Phi) is 25.6. The number of hydrogen-bond acceptors (Lipinski definition) is 4. The summed E-state index contributed by atoms with van der Waals surface area (Å²) < 4.78 is 11.4. The van der Waals surface area contributed by atoms with E-state index in [-0.39, 0.29) is 11.9 Å². The first-order valence-electron chi connectivity index (χ1n) is 17.5. The molecule has 0 saturated carbocycles. The number of hydrogen-bond donors (Lipinski definition) is 1. The molecule has 1 rings (SSSR count). The standard InChI is InChI=1S/C34H67N3O3/c1-3-5-7-9-11-12-13-14-15-16-17-18-19-21-23-25-27-36-34(35)40-32(26-24-22-20-10-8-6-4-2)33(38)37-28-30-39-31-29-37/h32H,3-31H2,1-2H3,(H2,35,36). The number of nitrogens with two attached hydrogens (primary N) is 1. The zero-order valence-electron chi connectivity index (χ0n) is 26.8. The molecule has 40 heavy (non-hydrogen) atoms. The fourth-order valence-electron chi connectivity index (χ4n) is 5.54. The number of rotatable bonds is 27. The first-order chi connectivity index (χ1) is 19.7. The van der Waals surface area contributed by atoms with E-state index in [4.69, 9.17) is 15.2 Å². The van der Waals surface area contributed by atoms with Crippen molar-refractivity contribution >= 4 is 11.9 Å². The molecule has 1 amide bonds. The average molecular weight is 566 g/mol. The summed E-state index contributed by atoms with van der Waals surface area (Å²) in [6.45, 7) is 7.66. The van der Waals surface area contributed by atoms with Crippen LogP contribution in [0.25, 0.3) is 0 Å². The summed E-state index contributed by atoms with van der Waals surface area (Å²) in [5.41, 5.74) is 6.13. The van der Waals surface area contributed by atoms with Crippen molar-refractivity contribution in [2.45, 2.75) is 174 Å². The van der Waals surface area contributed by atoms with Crippen LogP contribution in [0.5, 0.6) is 0 Å². The number of amidine groups is 1. The van der Waals surface area contributed by atoms with Crippen LogP contribution in [-0.2, 0) is 14.3 Å². The third-order valence-corrected chi connectivity index (χ3v) is 8.21. The molecule has 6 heteroatoms. The van der Waals surface area contributed by atoms with Crippen molar-refractivity contribution in [3.05, 3.63) is 0 Å². The Bertz CT molecular complexity index is 593. The van der Waals surface area contributed by atoms with Crippen LogP contribution >= 0.6 is 0 Å². The van der Waals surface area contributed by atoms with Gasteiger partial charge in [-0.2, -0.15) is 0 Å². The Morgan fingerprint density at radius 2 is 1.07 bits per heavy atom. The highest BCUT2D eigenvalue weighted by Crippen LogP contribution is 2.16. The molecule has 1 atom stereocenters. The molecule has 0 aromatic rings. The van der Waals surface area contributed by atoms with Gasteiger partial charge in [-0.15, -0.1) is 0 Å². The van der Waals surface area contributed by atoms with Crippen molar-refractivity contribution in [1.29, 1.82) is 0 Å². The Balaban J connectivity index is 2.12. The van der Waals surface area contributed by atoms with Gasteiger partial charge in [0.2, 0.25) is 0 Å². The van der Waals surface area contributed by atoms with E-state index in [9.17, 15) is 4.79 Å². The zero-order chi connectivity index (χ0) is 28.9. The molecule has 1 heterocycles. The van der Waals surface area contributed by atoms with Gasteiger partial charge in [-0.3, -0.25) is 4.79 Å². The van der Waals surface area contributed by atoms with Gasteiger partial charge in [-0.05, 0) is 19.3 Å². The molecule has 0 spiro atoms. The van der Waals surface area contributed by atoms with E-state index in [0.29, 0.717) is 39.3 Å². The predicted octanol–water partition coefficient (Wildman–Crippen LogP) is 8.95. The molecule has 1 unspecified atom stereocenters. The van der Waals surface area contributed by atoms with Crippen LogP contribution in [0.4, 0.5) is 0 Å². The number of aliphatic imine (C=N–C) groups is 1. The van der Waals surface area contributed by atoms with Gasteiger partial charge in [0, 0.05) is 19.6 Å². The third kappa shape index (κ3) is 21.4. The smallest absolute Gasteiger partial charge is 0.282 e. The summed E-state index contributed by atoms with van der Waals surface area (Å²) in [4.78, 5) is 19.4. The number of amides is 1. The van der Waals surface area contributed by atoms with E-state index < -0.39 is 6.10 Å². The van der Waals surface area contributed by atoms with E-state index in [1.165, 1.54) is 128 Å². The molecule has 0 bridgehead atoms. The van der Waals surface area contributed by atoms with Gasteiger partial charge in [0.05, 0.1) is 13.2 Å². The molecule has 0 aromatic heterocycles. The van der Waals surface area contributed by atoms with Crippen LogP contribution in [0.3, 0.4) is 0 Å². The molecule has 6 nitrogen and oxygen atoms in total. The molecule has 1 aliphatic rings. The van der Waals surface area contributed by atoms with E-state index >= 15 is 0 Å². The summed E-state index contributed by atoms with van der Waals surface area (Å²) in [6, 6.07) is 0.176. The van der Waals surface area contributed by atoms with Gasteiger partial charge in [0.25, 0.3) is 11.9 Å². The second-order valence-corrected chi connectivity index (χ2v) is 12.0. The highest BCUT2D eigenvalue weighted by atomic mass is 16.5. The van der Waals surface area contributed by atoms with Crippen LogP contribution in [-0.4, -0.2) is 55.8 Å². The fraction of sp³-hybridized carbons (Fsp3) is 0.941. The lowest BCUT2D eigenvalue weighted by atomic mass is 10.0. The minimum atomic E-state index is -0.525. The summed E-state index contributed by atoms with van der Waals surface area (Å²) in [6.07, 6.45) is 30.4. The summed E-state index contributed by atoms with van der Waals surface area (Å²) in [7, 11) is 0. The molecular formula is C34H67N3O3. The van der Waals surface area contributed by atoms with Crippen LogP contribution in [0.2, 0.25) is 0 Å². The lowest BCUT2D eigenvalue weighted by Gasteiger charge is -2.30. The highest BCUT2D eigenvalue weighted by Gasteiger charge is 2.27. The van der Waals surface area contributed by atoms with Crippen LogP contribution in [0.1, 0.15) is 168 Å². The summed E-state index contributed by atoms with van der Waals surface area (Å²) in [5, 5.41) is 0. The zero-order valence-corrected chi connectivity index (χ0v) is 26.8. The van der Waals surface area contributed by atoms with Crippen LogP contribution in [0, 0.1) is 0 Å². The first kappa shape index (κ1) is 36.7. The van der Waals surface area contributed by atoms with Crippen LogP contribution < -0.4 is 5.73 Å². The highest BCUT2D eigenvalue weighted by molar-refractivity contribution is 5.84. The normalized spacial score (nSPS) is 14.9. The Hall–Kier alpha value is -1.30. The molecule has 236 valence electrons. The molecule has 2 N–H and O–H groups in total. The van der Waals surface area contributed by atoms with Gasteiger partial charge in [-0.1, -0.05) is 149 Å². The number of carbonyl (C=O) groups excluding carboxylic acids is 1. The molecule has 1 saturated heterocycles. The minimum absolute atomic E-state index is 0.0369. The number of unbranched alkanes of at least 4 members (excludes halogenated alkanes) is 21. The maximum Gasteiger partial charge on any atom is 0.282 e. The van der Waals surface area contributed by atoms with Gasteiger partial charge in [0.15, 0.2) is 6.10 Å². The summed E-state index contributed by atoms with van der Waals surface area (Å²) >= 11 is 0. The monoisotopic (exact) mass is 566 g/mol. The van der Waals surface area contributed by atoms with Gasteiger partial charge < -0.3 is 20.1 Å². The lowest BCUT2D eigenvalue weighted by Crippen LogP contribution is -2.47. The molecule has 1 aliphatic heterocycles. The number of nitrogens with zero attached hydrogens (tertiary/aromatic N) is 2. The Morgan fingerprint density at radius 1 is 0.675 bits per heavy atom. The van der Waals surface area contributed by atoms with E-state index in [1.807, 2.05) is 4.90 Å². The van der Waals surface area contributed by atoms with Crippen molar-refractivity contribution in [1.82, 2.24) is 4.90 Å². The number of ether oxygens (including phenoxy) is 2. The maximum atomic E-state index is 13.1. The predicted molar refractivity (Wildman–Crippen MR) is 171 cm³/mol. The SMILES string of the molecule is CCCCCCCCCCCCCCCCCCN=C(N)OC(CCCCCCCCC)C(=O)N1CCOCC1. The van der Waals surface area contributed by atoms with E-state index in [0.717, 1.165) is 19.3 Å². The Labute approximate surface area is 248 Å². The molecular weight excluding hydrogens is 498 g/mol. The number of carbonyl (C=O) groups is 1.